The van der Waals surface area contributed by atoms with E-state index < -0.39 is 18.4 Å². The highest BCUT2D eigenvalue weighted by atomic mass is 16.7. The fourth-order valence-electron chi connectivity index (χ4n) is 4.12. The number of benzene rings is 3. The summed E-state index contributed by atoms with van der Waals surface area (Å²) in [5, 5.41) is 0. The molecule has 8 nitrogen and oxygen atoms in total. The van der Waals surface area contributed by atoms with Crippen LogP contribution in [0.1, 0.15) is 29.7 Å². The Kier molecular flexibility index (Phi) is 11.3. The summed E-state index contributed by atoms with van der Waals surface area (Å²) in [7, 11) is 6.30. The molecule has 0 bridgehead atoms. The molecule has 0 aliphatic rings. The molecule has 0 aliphatic carbocycles. The van der Waals surface area contributed by atoms with E-state index in [4.69, 9.17) is 28.4 Å². The lowest BCUT2D eigenvalue weighted by atomic mass is 9.96. The van der Waals surface area contributed by atoms with Crippen LogP contribution in [0.5, 0.6) is 17.2 Å². The lowest BCUT2D eigenvalue weighted by Gasteiger charge is -2.33. The zero-order valence-electron chi connectivity index (χ0n) is 22.7. The highest BCUT2D eigenvalue weighted by Gasteiger charge is 2.30. The number of hydrogen-bond acceptors (Lipinski definition) is 7. The monoisotopic (exact) mass is 523 g/mol. The van der Waals surface area contributed by atoms with Gasteiger partial charge >= 0.3 is 6.09 Å². The third kappa shape index (κ3) is 7.87. The molecule has 3 aromatic carbocycles. The van der Waals surface area contributed by atoms with Gasteiger partial charge in [0.25, 0.3) is 0 Å². The van der Waals surface area contributed by atoms with Gasteiger partial charge in [0.1, 0.15) is 12.4 Å². The van der Waals surface area contributed by atoms with Gasteiger partial charge in [0.05, 0.1) is 33.4 Å². The van der Waals surface area contributed by atoms with Crippen LogP contribution in [0.3, 0.4) is 0 Å². The van der Waals surface area contributed by atoms with E-state index in [1.54, 1.807) is 26.0 Å². The molecule has 3 rings (SSSR count). The molecule has 0 radical (unpaired) electrons. The van der Waals surface area contributed by atoms with Crippen molar-refractivity contribution in [1.82, 2.24) is 4.90 Å². The number of rotatable bonds is 14. The fraction of sp³-hybridized carbons (Fsp3) is 0.367. The van der Waals surface area contributed by atoms with Gasteiger partial charge in [0, 0.05) is 14.2 Å². The molecule has 0 saturated heterocycles. The Morgan fingerprint density at radius 1 is 0.816 bits per heavy atom. The van der Waals surface area contributed by atoms with Gasteiger partial charge in [-0.2, -0.15) is 0 Å². The van der Waals surface area contributed by atoms with Crippen LogP contribution in [0.4, 0.5) is 4.79 Å². The van der Waals surface area contributed by atoms with Crippen LogP contribution in [0.15, 0.2) is 72.8 Å². The minimum Gasteiger partial charge on any atom is -0.497 e. The van der Waals surface area contributed by atoms with Gasteiger partial charge in [-0.25, -0.2) is 4.79 Å². The van der Waals surface area contributed by atoms with Crippen LogP contribution in [0.2, 0.25) is 0 Å². The molecule has 1 atom stereocenters. The first kappa shape index (κ1) is 28.8. The molecule has 8 heteroatoms. The summed E-state index contributed by atoms with van der Waals surface area (Å²) in [6, 6.07) is 23.0. The molecule has 1 unspecified atom stereocenters. The van der Waals surface area contributed by atoms with Crippen LogP contribution in [0, 0.1) is 0 Å². The number of carbonyl (C=O) groups is 1. The van der Waals surface area contributed by atoms with Crippen LogP contribution in [-0.4, -0.2) is 58.9 Å². The third-order valence-electron chi connectivity index (χ3n) is 6.12. The highest BCUT2D eigenvalue weighted by molar-refractivity contribution is 5.68. The molecule has 0 fully saturated rings. The number of ether oxygens (including phenoxy) is 6. The zero-order valence-corrected chi connectivity index (χ0v) is 22.7. The van der Waals surface area contributed by atoms with Gasteiger partial charge in [-0.15, -0.1) is 0 Å². The lowest BCUT2D eigenvalue weighted by molar-refractivity contribution is -0.117. The van der Waals surface area contributed by atoms with Gasteiger partial charge < -0.3 is 28.4 Å². The van der Waals surface area contributed by atoms with E-state index in [0.717, 1.165) is 22.4 Å². The SMILES string of the molecule is CCOC(=O)N(CC(OC)OC)C(Cc1cccc(OC)c1)c1ccc(OCc2ccccc2)c(OC)c1. The van der Waals surface area contributed by atoms with Crippen molar-refractivity contribution in [2.45, 2.75) is 32.3 Å². The van der Waals surface area contributed by atoms with Crippen molar-refractivity contribution in [3.05, 3.63) is 89.5 Å². The largest absolute Gasteiger partial charge is 0.497 e. The summed E-state index contributed by atoms with van der Waals surface area (Å²) < 4.78 is 33.5. The van der Waals surface area contributed by atoms with E-state index in [1.165, 1.54) is 14.2 Å². The number of hydrogen-bond donors (Lipinski definition) is 0. The highest BCUT2D eigenvalue weighted by Crippen LogP contribution is 2.35. The van der Waals surface area contributed by atoms with E-state index in [9.17, 15) is 4.79 Å². The summed E-state index contributed by atoms with van der Waals surface area (Å²) >= 11 is 0. The second kappa shape index (κ2) is 14.9. The Morgan fingerprint density at radius 3 is 2.21 bits per heavy atom. The first-order chi connectivity index (χ1) is 18.5. The Morgan fingerprint density at radius 2 is 1.55 bits per heavy atom. The van der Waals surface area contributed by atoms with E-state index in [-0.39, 0.29) is 13.2 Å². The normalized spacial score (nSPS) is 11.6. The van der Waals surface area contributed by atoms with E-state index in [2.05, 4.69) is 0 Å². The third-order valence-corrected chi connectivity index (χ3v) is 6.12. The molecule has 1 amide bonds. The van der Waals surface area contributed by atoms with Gasteiger partial charge in [0.2, 0.25) is 0 Å². The second-order valence-electron chi connectivity index (χ2n) is 8.51. The molecule has 0 aromatic heterocycles. The summed E-state index contributed by atoms with van der Waals surface area (Å²) in [5.74, 6) is 1.90. The molecule has 0 N–H and O–H groups in total. The first-order valence-electron chi connectivity index (χ1n) is 12.5. The predicted molar refractivity (Wildman–Crippen MR) is 145 cm³/mol. The average Bonchev–Trinajstić information content (AvgIpc) is 2.96. The lowest BCUT2D eigenvalue weighted by Crippen LogP contribution is -2.42. The van der Waals surface area contributed by atoms with Crippen LogP contribution >= 0.6 is 0 Å². The summed E-state index contributed by atoms with van der Waals surface area (Å²) in [4.78, 5) is 14.9. The molecule has 0 aliphatic heterocycles. The number of carbonyl (C=O) groups excluding carboxylic acids is 1. The maximum Gasteiger partial charge on any atom is 0.410 e. The van der Waals surface area contributed by atoms with Gasteiger partial charge in [0.15, 0.2) is 17.8 Å². The summed E-state index contributed by atoms with van der Waals surface area (Å²) in [6.45, 7) is 2.58. The quantitative estimate of drug-likeness (QED) is 0.253. The Hall–Kier alpha value is -3.75. The summed E-state index contributed by atoms with van der Waals surface area (Å²) in [6.07, 6.45) is -0.616. The molecule has 0 spiro atoms. The molecule has 38 heavy (non-hydrogen) atoms. The standard InChI is InChI=1S/C30H37NO7/c1-6-37-30(32)31(20-29(35-4)36-5)26(18-23-13-10-14-25(17-23)33-2)24-15-16-27(28(19-24)34-3)38-21-22-11-8-7-9-12-22/h7-17,19,26,29H,6,18,20-21H2,1-5H3. The topological polar surface area (TPSA) is 75.7 Å². The minimum atomic E-state index is -0.636. The fourth-order valence-corrected chi connectivity index (χ4v) is 4.12. The van der Waals surface area contributed by atoms with Crippen molar-refractivity contribution in [2.75, 3.05) is 41.6 Å². The van der Waals surface area contributed by atoms with Gasteiger partial charge in [-0.05, 0) is 54.3 Å². The smallest absolute Gasteiger partial charge is 0.410 e. The Bertz CT molecular complexity index is 1130. The van der Waals surface area contributed by atoms with Crippen molar-refractivity contribution >= 4 is 6.09 Å². The maximum atomic E-state index is 13.2. The molecule has 0 heterocycles. The van der Waals surface area contributed by atoms with Gasteiger partial charge in [-0.3, -0.25) is 4.90 Å². The second-order valence-corrected chi connectivity index (χ2v) is 8.51. The molecular formula is C30H37NO7. The van der Waals surface area contributed by atoms with Crippen LogP contribution in [-0.2, 0) is 27.2 Å². The van der Waals surface area contributed by atoms with Crippen LogP contribution < -0.4 is 14.2 Å². The molecule has 3 aromatic rings. The summed E-state index contributed by atoms with van der Waals surface area (Å²) in [5.41, 5.74) is 2.88. The predicted octanol–water partition coefficient (Wildman–Crippen LogP) is 5.64. The Balaban J connectivity index is 2.00. The van der Waals surface area contributed by atoms with Crippen molar-refractivity contribution in [3.63, 3.8) is 0 Å². The van der Waals surface area contributed by atoms with Crippen molar-refractivity contribution < 1.29 is 33.2 Å². The number of nitrogens with zero attached hydrogens (tertiary/aromatic N) is 1. The van der Waals surface area contributed by atoms with Crippen LogP contribution in [0.25, 0.3) is 0 Å². The average molecular weight is 524 g/mol. The van der Waals surface area contributed by atoms with E-state index >= 15 is 0 Å². The molecule has 0 saturated carbocycles. The zero-order chi connectivity index (χ0) is 27.3. The first-order valence-corrected chi connectivity index (χ1v) is 12.5. The van der Waals surface area contributed by atoms with E-state index in [0.29, 0.717) is 24.5 Å². The van der Waals surface area contributed by atoms with Crippen molar-refractivity contribution in [3.8, 4) is 17.2 Å². The molecular weight excluding hydrogens is 486 g/mol. The van der Waals surface area contributed by atoms with Gasteiger partial charge in [-0.1, -0.05) is 48.5 Å². The van der Waals surface area contributed by atoms with Crippen molar-refractivity contribution in [2.24, 2.45) is 0 Å². The maximum absolute atomic E-state index is 13.2. The number of methoxy groups -OCH3 is 4. The molecule has 204 valence electrons. The van der Waals surface area contributed by atoms with Crippen molar-refractivity contribution in [1.29, 1.82) is 0 Å². The van der Waals surface area contributed by atoms with E-state index in [1.807, 2.05) is 72.8 Å². The minimum absolute atomic E-state index is 0.162. The Labute approximate surface area is 225 Å². The number of amides is 1.